The Balaban J connectivity index is 2.07. The number of amides is 1. The molecule has 1 amide bonds. The van der Waals surface area contributed by atoms with Crippen molar-refractivity contribution >= 4 is 27.5 Å². The predicted octanol–water partition coefficient (Wildman–Crippen LogP) is 3.91. The van der Waals surface area contributed by atoms with Crippen LogP contribution < -0.4 is 5.32 Å². The van der Waals surface area contributed by atoms with E-state index in [4.69, 9.17) is 0 Å². The summed E-state index contributed by atoms with van der Waals surface area (Å²) in [6.07, 6.45) is 3.04. The molecule has 1 saturated carbocycles. The molecule has 3 atom stereocenters. The minimum Gasteiger partial charge on any atom is -0.349 e. The number of hydrogen-bond donors (Lipinski definition) is 1. The van der Waals surface area contributed by atoms with Gasteiger partial charge in [-0.25, -0.2) is 0 Å². The second-order valence-corrected chi connectivity index (χ2v) is 6.72. The van der Waals surface area contributed by atoms with Gasteiger partial charge in [0.25, 0.3) is 11.6 Å². The molecule has 1 aliphatic carbocycles. The molecule has 1 aromatic carbocycles. The molecule has 114 valence electrons. The van der Waals surface area contributed by atoms with Crippen LogP contribution in [0, 0.1) is 22.0 Å². The summed E-state index contributed by atoms with van der Waals surface area (Å²) in [5, 5.41) is 13.9. The molecule has 0 aromatic heterocycles. The maximum absolute atomic E-state index is 12.2. The summed E-state index contributed by atoms with van der Waals surface area (Å²) in [5.41, 5.74) is 0.240. The molecule has 0 saturated heterocycles. The van der Waals surface area contributed by atoms with Gasteiger partial charge in [-0.1, -0.05) is 13.8 Å². The summed E-state index contributed by atoms with van der Waals surface area (Å²) in [6, 6.07) is 4.61. The van der Waals surface area contributed by atoms with Crippen molar-refractivity contribution < 1.29 is 9.72 Å². The molecule has 0 aliphatic heterocycles. The lowest BCUT2D eigenvalue weighted by Gasteiger charge is -2.32. The van der Waals surface area contributed by atoms with Gasteiger partial charge < -0.3 is 5.32 Å². The third-order valence-corrected chi connectivity index (χ3v) is 5.01. The van der Waals surface area contributed by atoms with Crippen LogP contribution in [-0.2, 0) is 0 Å². The minimum atomic E-state index is -0.495. The molecule has 3 unspecified atom stereocenters. The third kappa shape index (κ3) is 3.81. The molecule has 1 aliphatic rings. The van der Waals surface area contributed by atoms with Gasteiger partial charge >= 0.3 is 0 Å². The monoisotopic (exact) mass is 354 g/mol. The van der Waals surface area contributed by atoms with E-state index in [1.165, 1.54) is 6.07 Å². The van der Waals surface area contributed by atoms with Gasteiger partial charge in [0.15, 0.2) is 0 Å². The lowest BCUT2D eigenvalue weighted by atomic mass is 9.79. The quantitative estimate of drug-likeness (QED) is 0.660. The summed E-state index contributed by atoms with van der Waals surface area (Å²) in [6.45, 7) is 4.44. The predicted molar refractivity (Wildman–Crippen MR) is 84.2 cm³/mol. The van der Waals surface area contributed by atoms with Crippen molar-refractivity contribution in [3.8, 4) is 0 Å². The molecule has 1 fully saturated rings. The number of nitrogens with one attached hydrogen (secondary N) is 1. The van der Waals surface area contributed by atoms with Gasteiger partial charge in [-0.15, -0.1) is 0 Å². The molecule has 0 bridgehead atoms. The fourth-order valence-electron chi connectivity index (χ4n) is 2.74. The van der Waals surface area contributed by atoms with E-state index in [-0.39, 0.29) is 17.6 Å². The first-order chi connectivity index (χ1) is 9.88. The number of carbonyl (C=O) groups excluding carboxylic acids is 1. The van der Waals surface area contributed by atoms with E-state index in [0.29, 0.717) is 21.9 Å². The fraction of sp³-hybridized carbons (Fsp3) is 0.533. The van der Waals surface area contributed by atoms with Gasteiger partial charge in [-0.05, 0) is 59.2 Å². The van der Waals surface area contributed by atoms with Crippen LogP contribution in [0.25, 0.3) is 0 Å². The summed E-state index contributed by atoms with van der Waals surface area (Å²) in [7, 11) is 0. The van der Waals surface area contributed by atoms with E-state index in [0.717, 1.165) is 19.3 Å². The zero-order chi connectivity index (χ0) is 15.6. The van der Waals surface area contributed by atoms with Crippen molar-refractivity contribution in [3.63, 3.8) is 0 Å². The number of nitro groups is 1. The highest BCUT2D eigenvalue weighted by Crippen LogP contribution is 2.30. The Hall–Kier alpha value is -1.43. The number of carbonyl (C=O) groups is 1. The zero-order valence-electron chi connectivity index (χ0n) is 12.1. The molecule has 6 heteroatoms. The van der Waals surface area contributed by atoms with E-state index in [2.05, 4.69) is 35.1 Å². The first-order valence-electron chi connectivity index (χ1n) is 7.13. The number of benzene rings is 1. The highest BCUT2D eigenvalue weighted by molar-refractivity contribution is 9.10. The zero-order valence-corrected chi connectivity index (χ0v) is 13.7. The van der Waals surface area contributed by atoms with Crippen molar-refractivity contribution in [2.24, 2.45) is 11.8 Å². The lowest BCUT2D eigenvalue weighted by Crippen LogP contribution is -2.39. The van der Waals surface area contributed by atoms with E-state index >= 15 is 0 Å². The van der Waals surface area contributed by atoms with E-state index in [9.17, 15) is 14.9 Å². The number of halogens is 1. The van der Waals surface area contributed by atoms with Gasteiger partial charge in [-0.2, -0.15) is 0 Å². The number of hydrogen-bond acceptors (Lipinski definition) is 3. The molecule has 21 heavy (non-hydrogen) atoms. The van der Waals surface area contributed by atoms with Crippen molar-refractivity contribution in [1.82, 2.24) is 5.32 Å². The summed E-state index contributed by atoms with van der Waals surface area (Å²) < 4.78 is 0.379. The highest BCUT2D eigenvalue weighted by Gasteiger charge is 2.26. The average Bonchev–Trinajstić information content (AvgIpc) is 2.43. The van der Waals surface area contributed by atoms with Gasteiger partial charge in [0.2, 0.25) is 0 Å². The smallest absolute Gasteiger partial charge is 0.284 e. The topological polar surface area (TPSA) is 72.2 Å². The van der Waals surface area contributed by atoms with Crippen LogP contribution in [0.15, 0.2) is 22.7 Å². The number of nitro benzene ring substituents is 1. The second-order valence-electron chi connectivity index (χ2n) is 5.86. The van der Waals surface area contributed by atoms with E-state index < -0.39 is 4.92 Å². The van der Waals surface area contributed by atoms with Gasteiger partial charge in [-0.3, -0.25) is 14.9 Å². The Morgan fingerprint density at radius 1 is 1.33 bits per heavy atom. The third-order valence-electron chi connectivity index (χ3n) is 4.34. The SMILES string of the molecule is CC1CCC(NC(=O)c2ccc(Br)c([N+](=O)[O-])c2)CC1C. The van der Waals surface area contributed by atoms with Gasteiger partial charge in [0.05, 0.1) is 9.40 Å². The Morgan fingerprint density at radius 3 is 2.67 bits per heavy atom. The molecule has 1 aromatic rings. The van der Waals surface area contributed by atoms with Crippen LogP contribution in [0.3, 0.4) is 0 Å². The Kier molecular flexibility index (Phi) is 4.98. The van der Waals surface area contributed by atoms with E-state index in [1.54, 1.807) is 12.1 Å². The summed E-state index contributed by atoms with van der Waals surface area (Å²) in [4.78, 5) is 22.7. The first kappa shape index (κ1) is 15.9. The molecule has 2 rings (SSSR count). The number of nitrogens with zero attached hydrogens (tertiary/aromatic N) is 1. The molecule has 0 radical (unpaired) electrons. The largest absolute Gasteiger partial charge is 0.349 e. The lowest BCUT2D eigenvalue weighted by molar-refractivity contribution is -0.385. The highest BCUT2D eigenvalue weighted by atomic mass is 79.9. The average molecular weight is 355 g/mol. The van der Waals surface area contributed by atoms with E-state index in [1.807, 2.05) is 0 Å². The second kappa shape index (κ2) is 6.56. The summed E-state index contributed by atoms with van der Waals surface area (Å²) in [5.74, 6) is 1.03. The van der Waals surface area contributed by atoms with Crippen LogP contribution in [0.5, 0.6) is 0 Å². The van der Waals surface area contributed by atoms with Crippen LogP contribution in [0.1, 0.15) is 43.5 Å². The fourth-order valence-corrected chi connectivity index (χ4v) is 3.13. The Bertz CT molecular complexity index is 562. The van der Waals surface area contributed by atoms with Gasteiger partial charge in [0, 0.05) is 17.7 Å². The Labute approximate surface area is 132 Å². The maximum Gasteiger partial charge on any atom is 0.284 e. The van der Waals surface area contributed by atoms with Gasteiger partial charge in [0.1, 0.15) is 0 Å². The molecule has 1 N–H and O–H groups in total. The first-order valence-corrected chi connectivity index (χ1v) is 7.92. The van der Waals surface area contributed by atoms with Crippen molar-refractivity contribution in [1.29, 1.82) is 0 Å². The molecular weight excluding hydrogens is 336 g/mol. The minimum absolute atomic E-state index is 0.0896. The van der Waals surface area contributed by atoms with Crippen LogP contribution in [0.2, 0.25) is 0 Å². The molecular formula is C15H19BrN2O3. The van der Waals surface area contributed by atoms with Crippen molar-refractivity contribution in [3.05, 3.63) is 38.3 Å². The standard InChI is InChI=1S/C15H19BrN2O3/c1-9-3-5-12(7-10(9)2)17-15(19)11-4-6-13(16)14(8-11)18(20)21/h4,6,8-10,12H,3,5,7H2,1-2H3,(H,17,19). The van der Waals surface area contributed by atoms with Crippen LogP contribution >= 0.6 is 15.9 Å². The van der Waals surface area contributed by atoms with Crippen LogP contribution in [0.4, 0.5) is 5.69 Å². The molecule has 5 nitrogen and oxygen atoms in total. The van der Waals surface area contributed by atoms with Crippen molar-refractivity contribution in [2.75, 3.05) is 0 Å². The maximum atomic E-state index is 12.2. The summed E-state index contributed by atoms with van der Waals surface area (Å²) >= 11 is 3.12. The number of rotatable bonds is 3. The molecule has 0 heterocycles. The van der Waals surface area contributed by atoms with Crippen molar-refractivity contribution in [2.45, 2.75) is 39.2 Å². The normalized spacial score (nSPS) is 25.4. The Morgan fingerprint density at radius 2 is 2.05 bits per heavy atom. The van der Waals surface area contributed by atoms with Crippen LogP contribution in [-0.4, -0.2) is 16.9 Å². The molecule has 0 spiro atoms.